The molecular weight excluding hydrogens is 196 g/mol. The molecule has 14 heavy (non-hydrogen) atoms. The van der Waals surface area contributed by atoms with Crippen molar-refractivity contribution in [2.24, 2.45) is 0 Å². The lowest BCUT2D eigenvalue weighted by atomic mass is 9.96. The monoisotopic (exact) mass is 216 g/mol. The van der Waals surface area contributed by atoms with Crippen LogP contribution in [0.2, 0.25) is 0 Å². The second kappa shape index (κ2) is 5.95. The van der Waals surface area contributed by atoms with Crippen LogP contribution in [0.4, 0.5) is 0 Å². The Bertz CT molecular complexity index is 138. The third-order valence-electron chi connectivity index (χ3n) is 2.92. The number of morpholine rings is 1. The molecule has 0 atom stereocenters. The Morgan fingerprint density at radius 3 is 2.50 bits per heavy atom. The molecule has 0 aromatic rings. The second-order valence-corrected chi connectivity index (χ2v) is 5.02. The van der Waals surface area contributed by atoms with Gasteiger partial charge in [0.2, 0.25) is 0 Å². The summed E-state index contributed by atoms with van der Waals surface area (Å²) in [5.41, 5.74) is 0. The predicted octanol–water partition coefficient (Wildman–Crippen LogP) is 1.80. The fraction of sp³-hybridized carbons (Fsp3) is 1.00. The molecule has 0 bridgehead atoms. The molecule has 3 nitrogen and oxygen atoms in total. The molecule has 2 rings (SSSR count). The number of hydrogen-bond donors (Lipinski definition) is 1. The number of hydrogen-bond acceptors (Lipinski definition) is 4. The number of ether oxygens (including phenoxy) is 1. The summed E-state index contributed by atoms with van der Waals surface area (Å²) in [5, 5.41) is 0. The van der Waals surface area contributed by atoms with Crippen LogP contribution in [0.15, 0.2) is 0 Å². The van der Waals surface area contributed by atoms with Crippen LogP contribution in [-0.4, -0.2) is 36.7 Å². The molecule has 0 aromatic carbocycles. The Morgan fingerprint density at radius 1 is 1.07 bits per heavy atom. The molecule has 1 aliphatic heterocycles. The van der Waals surface area contributed by atoms with E-state index in [-0.39, 0.29) is 0 Å². The zero-order chi connectivity index (χ0) is 9.64. The molecule has 1 saturated heterocycles. The molecule has 1 N–H and O–H groups in total. The molecule has 0 radical (unpaired) electrons. The molecular formula is C10H20N2OS. The largest absolute Gasteiger partial charge is 0.379 e. The van der Waals surface area contributed by atoms with Gasteiger partial charge in [-0.2, -0.15) is 0 Å². The molecule has 0 aromatic heterocycles. The third-order valence-corrected chi connectivity index (χ3v) is 3.99. The van der Waals surface area contributed by atoms with Gasteiger partial charge in [0.1, 0.15) is 0 Å². The Balaban J connectivity index is 1.60. The lowest BCUT2D eigenvalue weighted by molar-refractivity contribution is 0.0769. The van der Waals surface area contributed by atoms with Crippen LogP contribution in [0.3, 0.4) is 0 Å². The maximum Gasteiger partial charge on any atom is 0.0603 e. The van der Waals surface area contributed by atoms with Gasteiger partial charge in [0.15, 0.2) is 0 Å². The van der Waals surface area contributed by atoms with E-state index in [1.165, 1.54) is 32.1 Å². The highest BCUT2D eigenvalue weighted by atomic mass is 32.2. The molecule has 1 heterocycles. The van der Waals surface area contributed by atoms with Crippen LogP contribution >= 0.6 is 12.1 Å². The van der Waals surface area contributed by atoms with Crippen LogP contribution in [0.5, 0.6) is 0 Å². The van der Waals surface area contributed by atoms with Gasteiger partial charge in [0.25, 0.3) is 0 Å². The summed E-state index contributed by atoms with van der Waals surface area (Å²) < 4.78 is 11.3. The van der Waals surface area contributed by atoms with Crippen molar-refractivity contribution >= 4 is 12.1 Å². The van der Waals surface area contributed by atoms with E-state index in [1.54, 1.807) is 0 Å². The Morgan fingerprint density at radius 2 is 1.79 bits per heavy atom. The lowest BCUT2D eigenvalue weighted by Gasteiger charge is -2.29. The van der Waals surface area contributed by atoms with Gasteiger partial charge in [-0.3, -0.25) is 0 Å². The first kappa shape index (κ1) is 10.7. The smallest absolute Gasteiger partial charge is 0.0603 e. The zero-order valence-corrected chi connectivity index (χ0v) is 9.52. The van der Waals surface area contributed by atoms with E-state index < -0.39 is 0 Å². The summed E-state index contributed by atoms with van der Waals surface area (Å²) in [6, 6.07) is 0.747. The molecule has 1 aliphatic carbocycles. The van der Waals surface area contributed by atoms with Crippen LogP contribution in [-0.2, 0) is 4.74 Å². The summed E-state index contributed by atoms with van der Waals surface area (Å²) >= 11 is 1.81. The van der Waals surface area contributed by atoms with Gasteiger partial charge in [-0.1, -0.05) is 19.3 Å². The van der Waals surface area contributed by atoms with Gasteiger partial charge in [-0.25, -0.2) is 9.03 Å². The topological polar surface area (TPSA) is 24.5 Å². The van der Waals surface area contributed by atoms with Crippen molar-refractivity contribution in [1.82, 2.24) is 9.03 Å². The summed E-state index contributed by atoms with van der Waals surface area (Å²) in [4.78, 5) is 0. The summed E-state index contributed by atoms with van der Waals surface area (Å²) in [7, 11) is 0. The SMILES string of the molecule is C1CCC(NSN2CCOCC2)CC1. The fourth-order valence-corrected chi connectivity index (χ4v) is 2.87. The van der Waals surface area contributed by atoms with Crippen molar-refractivity contribution in [2.45, 2.75) is 38.1 Å². The first-order valence-electron chi connectivity index (χ1n) is 5.70. The summed E-state index contributed by atoms with van der Waals surface area (Å²) in [5.74, 6) is 0. The van der Waals surface area contributed by atoms with E-state index in [2.05, 4.69) is 9.03 Å². The standard InChI is InChI=1S/C10H20N2OS/c1-2-4-10(5-3-1)11-14-12-6-8-13-9-7-12/h10-11H,1-9H2. The normalized spacial score (nSPS) is 26.6. The third kappa shape index (κ3) is 3.42. The van der Waals surface area contributed by atoms with Crippen LogP contribution in [0, 0.1) is 0 Å². The average molecular weight is 216 g/mol. The molecule has 2 aliphatic rings. The quantitative estimate of drug-likeness (QED) is 0.727. The Kier molecular flexibility index (Phi) is 4.57. The first-order valence-corrected chi connectivity index (χ1v) is 6.48. The van der Waals surface area contributed by atoms with Crippen molar-refractivity contribution < 1.29 is 4.74 Å². The highest BCUT2D eigenvalue weighted by molar-refractivity contribution is 7.95. The van der Waals surface area contributed by atoms with E-state index >= 15 is 0 Å². The van der Waals surface area contributed by atoms with Gasteiger partial charge in [0.05, 0.1) is 13.2 Å². The molecule has 4 heteroatoms. The van der Waals surface area contributed by atoms with Crippen molar-refractivity contribution in [3.63, 3.8) is 0 Å². The van der Waals surface area contributed by atoms with Crippen molar-refractivity contribution in [3.8, 4) is 0 Å². The van der Waals surface area contributed by atoms with Gasteiger partial charge < -0.3 is 4.74 Å². The number of rotatable bonds is 3. The van der Waals surface area contributed by atoms with Gasteiger partial charge in [0, 0.05) is 31.3 Å². The van der Waals surface area contributed by atoms with Crippen molar-refractivity contribution in [3.05, 3.63) is 0 Å². The summed E-state index contributed by atoms with van der Waals surface area (Å²) in [6.07, 6.45) is 6.96. The van der Waals surface area contributed by atoms with E-state index in [0.29, 0.717) is 0 Å². The summed E-state index contributed by atoms with van der Waals surface area (Å²) in [6.45, 7) is 3.90. The highest BCUT2D eigenvalue weighted by Gasteiger charge is 2.16. The average Bonchev–Trinajstić information content (AvgIpc) is 2.29. The minimum absolute atomic E-state index is 0.747. The predicted molar refractivity (Wildman–Crippen MR) is 60.0 cm³/mol. The fourth-order valence-electron chi connectivity index (χ4n) is 2.01. The number of nitrogens with zero attached hydrogens (tertiary/aromatic N) is 1. The van der Waals surface area contributed by atoms with E-state index in [0.717, 1.165) is 32.3 Å². The zero-order valence-electron chi connectivity index (χ0n) is 8.71. The van der Waals surface area contributed by atoms with Gasteiger partial charge in [-0.05, 0) is 12.8 Å². The molecule has 1 saturated carbocycles. The van der Waals surface area contributed by atoms with E-state index in [4.69, 9.17) is 4.74 Å². The lowest BCUT2D eigenvalue weighted by Crippen LogP contribution is -2.36. The Labute approximate surface area is 90.8 Å². The van der Waals surface area contributed by atoms with Gasteiger partial charge in [-0.15, -0.1) is 0 Å². The molecule has 2 fully saturated rings. The minimum Gasteiger partial charge on any atom is -0.379 e. The van der Waals surface area contributed by atoms with E-state index in [1.807, 2.05) is 12.1 Å². The maximum absolute atomic E-state index is 5.31. The first-order chi connectivity index (χ1) is 6.95. The number of nitrogens with one attached hydrogen (secondary N) is 1. The second-order valence-electron chi connectivity index (χ2n) is 4.09. The van der Waals surface area contributed by atoms with Crippen molar-refractivity contribution in [2.75, 3.05) is 26.3 Å². The Hall–Kier alpha value is 0.230. The van der Waals surface area contributed by atoms with Crippen LogP contribution in [0.25, 0.3) is 0 Å². The minimum atomic E-state index is 0.747. The molecule has 0 amide bonds. The molecule has 82 valence electrons. The maximum atomic E-state index is 5.31. The molecule has 0 spiro atoms. The molecule has 0 unspecified atom stereocenters. The van der Waals surface area contributed by atoms with Crippen LogP contribution < -0.4 is 4.72 Å². The van der Waals surface area contributed by atoms with E-state index in [9.17, 15) is 0 Å². The highest BCUT2D eigenvalue weighted by Crippen LogP contribution is 2.20. The van der Waals surface area contributed by atoms with Crippen molar-refractivity contribution in [1.29, 1.82) is 0 Å². The van der Waals surface area contributed by atoms with Gasteiger partial charge >= 0.3 is 0 Å². The van der Waals surface area contributed by atoms with Crippen LogP contribution in [0.1, 0.15) is 32.1 Å².